The molecule has 1 aromatic carbocycles. The first kappa shape index (κ1) is 15.1. The number of carbonyl (C=O) groups excluding carboxylic acids is 1. The molecule has 1 aliphatic rings. The molecule has 0 fully saturated rings. The Morgan fingerprint density at radius 2 is 2.20 bits per heavy atom. The Balaban J connectivity index is 2.17. The average molecular weight is 344 g/mol. The van der Waals surface area contributed by atoms with Crippen molar-refractivity contribution in [2.45, 2.75) is 38.5 Å². The van der Waals surface area contributed by atoms with Crippen LogP contribution in [0, 0.1) is 0 Å². The quantitative estimate of drug-likeness (QED) is 0.822. The number of fused-ring (bicyclic) bond motifs is 1. The monoisotopic (exact) mass is 343 g/mol. The summed E-state index contributed by atoms with van der Waals surface area (Å²) in [5.41, 5.74) is 0.153. The number of amides is 1. The van der Waals surface area contributed by atoms with Gasteiger partial charge in [0.25, 0.3) is 0 Å². The fraction of sp³-hybridized carbons (Fsp3) is 0.500. The highest BCUT2D eigenvalue weighted by molar-refractivity contribution is 9.10. The van der Waals surface area contributed by atoms with Crippen LogP contribution < -0.4 is 10.1 Å². The lowest BCUT2D eigenvalue weighted by atomic mass is 9.98. The van der Waals surface area contributed by atoms with Crippen LogP contribution in [0.5, 0.6) is 5.75 Å². The number of aliphatic hydroxyl groups is 1. The lowest BCUT2D eigenvalue weighted by Crippen LogP contribution is -2.43. The van der Waals surface area contributed by atoms with E-state index in [0.717, 1.165) is 10.0 Å². The molecule has 20 heavy (non-hydrogen) atoms. The number of rotatable bonds is 1. The second-order valence-corrected chi connectivity index (χ2v) is 6.60. The van der Waals surface area contributed by atoms with Crippen LogP contribution in [0.3, 0.4) is 0 Å². The zero-order valence-electron chi connectivity index (χ0n) is 11.6. The molecule has 2 rings (SSSR count). The number of halogens is 1. The smallest absolute Gasteiger partial charge is 0.408 e. The van der Waals surface area contributed by atoms with E-state index in [4.69, 9.17) is 9.47 Å². The third-order valence-corrected chi connectivity index (χ3v) is 3.27. The van der Waals surface area contributed by atoms with Crippen molar-refractivity contribution in [3.8, 4) is 5.75 Å². The van der Waals surface area contributed by atoms with Crippen molar-refractivity contribution < 1.29 is 19.4 Å². The van der Waals surface area contributed by atoms with Gasteiger partial charge in [-0.1, -0.05) is 22.0 Å². The first-order valence-electron chi connectivity index (χ1n) is 6.36. The molecule has 0 aliphatic carbocycles. The van der Waals surface area contributed by atoms with Crippen molar-refractivity contribution in [1.29, 1.82) is 0 Å². The molecule has 1 amide bonds. The van der Waals surface area contributed by atoms with E-state index in [-0.39, 0.29) is 6.61 Å². The van der Waals surface area contributed by atoms with Crippen molar-refractivity contribution in [3.63, 3.8) is 0 Å². The van der Waals surface area contributed by atoms with Crippen molar-refractivity contribution in [1.82, 2.24) is 5.32 Å². The summed E-state index contributed by atoms with van der Waals surface area (Å²) in [6, 6.07) is 4.92. The normalized spacial score (nSPS) is 21.6. The van der Waals surface area contributed by atoms with E-state index in [1.807, 2.05) is 18.2 Å². The number of benzene rings is 1. The van der Waals surface area contributed by atoms with Crippen LogP contribution in [0.1, 0.15) is 32.4 Å². The molecule has 1 heterocycles. The Labute approximate surface area is 126 Å². The molecule has 2 N–H and O–H groups in total. The van der Waals surface area contributed by atoms with E-state index in [1.54, 1.807) is 20.8 Å². The minimum absolute atomic E-state index is 0.129. The fourth-order valence-corrected chi connectivity index (χ4v) is 2.32. The Kier molecular flexibility index (Phi) is 4.25. The van der Waals surface area contributed by atoms with Gasteiger partial charge in [-0.3, -0.25) is 0 Å². The molecule has 0 saturated carbocycles. The van der Waals surface area contributed by atoms with Crippen LogP contribution >= 0.6 is 15.9 Å². The van der Waals surface area contributed by atoms with Crippen LogP contribution in [0.4, 0.5) is 4.79 Å². The van der Waals surface area contributed by atoms with E-state index in [1.165, 1.54) is 0 Å². The first-order chi connectivity index (χ1) is 9.26. The summed E-state index contributed by atoms with van der Waals surface area (Å²) < 4.78 is 11.6. The van der Waals surface area contributed by atoms with Gasteiger partial charge >= 0.3 is 6.09 Å². The van der Waals surface area contributed by atoms with Gasteiger partial charge in [0, 0.05) is 10.0 Å². The second kappa shape index (κ2) is 5.61. The van der Waals surface area contributed by atoms with Crippen LogP contribution in [-0.2, 0) is 4.74 Å². The highest BCUT2D eigenvalue weighted by Crippen LogP contribution is 2.34. The molecule has 0 aromatic heterocycles. The van der Waals surface area contributed by atoms with Crippen molar-refractivity contribution in [3.05, 3.63) is 28.2 Å². The Morgan fingerprint density at radius 3 is 2.85 bits per heavy atom. The molecule has 2 atom stereocenters. The minimum Gasteiger partial charge on any atom is -0.490 e. The summed E-state index contributed by atoms with van der Waals surface area (Å²) >= 11 is 3.36. The summed E-state index contributed by atoms with van der Waals surface area (Å²) in [4.78, 5) is 11.9. The zero-order chi connectivity index (χ0) is 14.9. The molecule has 1 aromatic rings. The summed E-state index contributed by atoms with van der Waals surface area (Å²) in [5.74, 6) is 0.644. The van der Waals surface area contributed by atoms with Crippen LogP contribution in [0.25, 0.3) is 0 Å². The summed E-state index contributed by atoms with van der Waals surface area (Å²) in [7, 11) is 0. The second-order valence-electron chi connectivity index (χ2n) is 5.68. The number of hydrogen-bond donors (Lipinski definition) is 2. The summed E-state index contributed by atoms with van der Waals surface area (Å²) in [6.07, 6.45) is -1.37. The lowest BCUT2D eigenvalue weighted by Gasteiger charge is -2.31. The largest absolute Gasteiger partial charge is 0.490 e. The highest BCUT2D eigenvalue weighted by atomic mass is 79.9. The van der Waals surface area contributed by atoms with Gasteiger partial charge < -0.3 is 19.9 Å². The first-order valence-corrected chi connectivity index (χ1v) is 7.15. The maximum Gasteiger partial charge on any atom is 0.408 e. The van der Waals surface area contributed by atoms with Gasteiger partial charge in [-0.15, -0.1) is 0 Å². The van der Waals surface area contributed by atoms with Gasteiger partial charge in [0.1, 0.15) is 24.1 Å². The third-order valence-electron chi connectivity index (χ3n) is 2.78. The van der Waals surface area contributed by atoms with Crippen LogP contribution in [0.2, 0.25) is 0 Å². The van der Waals surface area contributed by atoms with E-state index in [2.05, 4.69) is 21.2 Å². The fourth-order valence-electron chi connectivity index (χ4n) is 1.98. The van der Waals surface area contributed by atoms with Crippen molar-refractivity contribution in [2.75, 3.05) is 6.61 Å². The average Bonchev–Trinajstić information content (AvgIpc) is 2.30. The predicted octanol–water partition coefficient (Wildman–Crippen LogP) is 2.77. The Hall–Kier alpha value is -1.27. The Bertz CT molecular complexity index is 512. The summed E-state index contributed by atoms with van der Waals surface area (Å²) in [6.45, 7) is 5.50. The molecule has 6 heteroatoms. The maximum atomic E-state index is 11.9. The molecule has 0 saturated heterocycles. The predicted molar refractivity (Wildman–Crippen MR) is 77.8 cm³/mol. The molecule has 0 bridgehead atoms. The lowest BCUT2D eigenvalue weighted by molar-refractivity contribution is 0.0276. The number of alkyl carbamates (subject to hydrolysis) is 1. The van der Waals surface area contributed by atoms with Gasteiger partial charge in [0.15, 0.2) is 0 Å². The standard InChI is InChI=1S/C14H18BrNO4/c1-14(2,3)20-13(18)16-12-9-5-4-8(15)6-11(9)19-7-10(12)17/h4-6,10,12,17H,7H2,1-3H3,(H,16,18). The van der Waals surface area contributed by atoms with Gasteiger partial charge in [-0.2, -0.15) is 0 Å². The van der Waals surface area contributed by atoms with E-state index >= 15 is 0 Å². The van der Waals surface area contributed by atoms with Crippen molar-refractivity contribution in [2.24, 2.45) is 0 Å². The maximum absolute atomic E-state index is 11.9. The Morgan fingerprint density at radius 1 is 1.50 bits per heavy atom. The van der Waals surface area contributed by atoms with E-state index in [0.29, 0.717) is 5.75 Å². The van der Waals surface area contributed by atoms with Crippen molar-refractivity contribution >= 4 is 22.0 Å². The molecule has 5 nitrogen and oxygen atoms in total. The van der Waals surface area contributed by atoms with Crippen LogP contribution in [-0.4, -0.2) is 29.5 Å². The summed E-state index contributed by atoms with van der Waals surface area (Å²) in [5, 5.41) is 12.7. The molecule has 1 aliphatic heterocycles. The topological polar surface area (TPSA) is 67.8 Å². The van der Waals surface area contributed by atoms with E-state index in [9.17, 15) is 9.90 Å². The highest BCUT2D eigenvalue weighted by Gasteiger charge is 2.32. The SMILES string of the molecule is CC(C)(C)OC(=O)NC1c2ccc(Br)cc2OCC1O. The zero-order valence-corrected chi connectivity index (χ0v) is 13.2. The van der Waals surface area contributed by atoms with Gasteiger partial charge in [0.05, 0.1) is 6.04 Å². The van der Waals surface area contributed by atoms with Crippen LogP contribution in [0.15, 0.2) is 22.7 Å². The van der Waals surface area contributed by atoms with Gasteiger partial charge in [-0.25, -0.2) is 4.79 Å². The minimum atomic E-state index is -0.809. The molecule has 2 unspecified atom stereocenters. The number of ether oxygens (including phenoxy) is 2. The molecule has 0 spiro atoms. The molecule has 0 radical (unpaired) electrons. The van der Waals surface area contributed by atoms with E-state index < -0.39 is 23.8 Å². The third kappa shape index (κ3) is 3.64. The van der Waals surface area contributed by atoms with Gasteiger partial charge in [0.2, 0.25) is 0 Å². The number of carbonyl (C=O) groups is 1. The molecule has 110 valence electrons. The number of nitrogens with one attached hydrogen (secondary N) is 1. The van der Waals surface area contributed by atoms with Gasteiger partial charge in [-0.05, 0) is 32.9 Å². The molecular formula is C14H18BrNO4. The number of hydrogen-bond acceptors (Lipinski definition) is 4. The molecular weight excluding hydrogens is 326 g/mol. The number of aliphatic hydroxyl groups excluding tert-OH is 1.